The molecule has 6 heteroatoms. The number of rotatable bonds is 6. The van der Waals surface area contributed by atoms with Crippen LogP contribution in [0.3, 0.4) is 0 Å². The third-order valence-corrected chi connectivity index (χ3v) is 4.15. The Bertz CT molecular complexity index is 853. The number of quaternary nitrogens is 1. The van der Waals surface area contributed by atoms with Crippen LogP contribution in [-0.4, -0.2) is 24.7 Å². The molecule has 0 aliphatic carbocycles. The molecule has 0 saturated heterocycles. The minimum Gasteiger partial charge on any atom is -0.461 e. The van der Waals surface area contributed by atoms with E-state index in [0.29, 0.717) is 24.6 Å². The van der Waals surface area contributed by atoms with Crippen molar-refractivity contribution in [2.75, 3.05) is 18.9 Å². The molecule has 1 atom stereocenters. The number of hydrogen-bond donors (Lipinski definition) is 2. The average Bonchev–Trinajstić information content (AvgIpc) is 3.22. The quantitative estimate of drug-likeness (QED) is 0.722. The van der Waals surface area contributed by atoms with E-state index >= 15 is 0 Å². The average molecular weight is 340 g/mol. The van der Waals surface area contributed by atoms with Crippen molar-refractivity contribution in [3.8, 4) is 11.5 Å². The first-order chi connectivity index (χ1) is 12.0. The molecule has 0 aliphatic rings. The predicted molar refractivity (Wildman–Crippen MR) is 94.2 cm³/mol. The van der Waals surface area contributed by atoms with E-state index in [1.54, 1.807) is 12.3 Å². The number of benzene rings is 1. The number of nitrogens with zero attached hydrogens (tertiary/aromatic N) is 1. The summed E-state index contributed by atoms with van der Waals surface area (Å²) in [6.07, 6.45) is 1.59. The van der Waals surface area contributed by atoms with Gasteiger partial charge in [-0.2, -0.15) is 0 Å². The summed E-state index contributed by atoms with van der Waals surface area (Å²) in [5.41, 5.74) is 3.89. The smallest absolute Gasteiger partial charge is 0.279 e. The predicted octanol–water partition coefficient (Wildman–Crippen LogP) is 2.20. The third kappa shape index (κ3) is 4.16. The van der Waals surface area contributed by atoms with Gasteiger partial charge in [-0.05, 0) is 43.2 Å². The van der Waals surface area contributed by atoms with Crippen molar-refractivity contribution in [2.24, 2.45) is 0 Å². The molecule has 0 radical (unpaired) electrons. The summed E-state index contributed by atoms with van der Waals surface area (Å²) in [5.74, 6) is 1.21. The first-order valence-corrected chi connectivity index (χ1v) is 8.20. The fourth-order valence-electron chi connectivity index (χ4n) is 2.66. The maximum absolute atomic E-state index is 12.3. The molecule has 130 valence electrons. The molecule has 6 nitrogen and oxygen atoms in total. The molecule has 0 fully saturated rings. The lowest BCUT2D eigenvalue weighted by molar-refractivity contribution is -0.885. The van der Waals surface area contributed by atoms with E-state index in [-0.39, 0.29) is 5.91 Å². The van der Waals surface area contributed by atoms with E-state index in [1.165, 1.54) is 0 Å². The number of nitrogens with one attached hydrogen (secondary N) is 2. The van der Waals surface area contributed by atoms with E-state index < -0.39 is 0 Å². The van der Waals surface area contributed by atoms with Gasteiger partial charge < -0.3 is 19.2 Å². The SMILES string of the molecule is Cc1cccc(NC(=O)C[NH+](C)Cc2cc(-c3ccco3)on2)c1C. The highest BCUT2D eigenvalue weighted by Gasteiger charge is 2.16. The molecule has 3 aromatic rings. The van der Waals surface area contributed by atoms with Gasteiger partial charge in [0.05, 0.1) is 13.3 Å². The maximum Gasteiger partial charge on any atom is 0.279 e. The second kappa shape index (κ2) is 7.36. The van der Waals surface area contributed by atoms with E-state index in [2.05, 4.69) is 10.5 Å². The fourth-order valence-corrected chi connectivity index (χ4v) is 2.66. The second-order valence-electron chi connectivity index (χ2n) is 6.27. The zero-order chi connectivity index (χ0) is 17.8. The van der Waals surface area contributed by atoms with Gasteiger partial charge in [0.2, 0.25) is 5.76 Å². The largest absolute Gasteiger partial charge is 0.461 e. The molecule has 2 N–H and O–H groups in total. The number of carbonyl (C=O) groups excluding carboxylic acids is 1. The molecule has 0 aliphatic heterocycles. The van der Waals surface area contributed by atoms with Crippen LogP contribution >= 0.6 is 0 Å². The highest BCUT2D eigenvalue weighted by Crippen LogP contribution is 2.20. The van der Waals surface area contributed by atoms with Crippen LogP contribution in [-0.2, 0) is 11.3 Å². The summed E-state index contributed by atoms with van der Waals surface area (Å²) < 4.78 is 10.6. The lowest BCUT2D eigenvalue weighted by Crippen LogP contribution is -3.08. The lowest BCUT2D eigenvalue weighted by Gasteiger charge is -2.14. The van der Waals surface area contributed by atoms with Crippen molar-refractivity contribution in [3.63, 3.8) is 0 Å². The van der Waals surface area contributed by atoms with E-state index in [9.17, 15) is 4.79 Å². The molecular weight excluding hydrogens is 318 g/mol. The van der Waals surface area contributed by atoms with Gasteiger partial charge in [0.1, 0.15) is 12.2 Å². The Morgan fingerprint density at radius 3 is 2.80 bits per heavy atom. The summed E-state index contributed by atoms with van der Waals surface area (Å²) in [5, 5.41) is 7.02. The Morgan fingerprint density at radius 1 is 1.20 bits per heavy atom. The van der Waals surface area contributed by atoms with Crippen LogP contribution in [0.15, 0.2) is 51.6 Å². The normalized spacial score (nSPS) is 12.1. The molecule has 0 bridgehead atoms. The van der Waals surface area contributed by atoms with Gasteiger partial charge in [0.15, 0.2) is 12.3 Å². The molecule has 0 spiro atoms. The minimum atomic E-state index is -0.0269. The van der Waals surface area contributed by atoms with Crippen LogP contribution in [0, 0.1) is 13.8 Å². The number of amides is 1. The van der Waals surface area contributed by atoms with Crippen LogP contribution < -0.4 is 10.2 Å². The molecule has 0 saturated carbocycles. The highest BCUT2D eigenvalue weighted by atomic mass is 16.5. The first-order valence-electron chi connectivity index (χ1n) is 8.20. The van der Waals surface area contributed by atoms with Gasteiger partial charge in [-0.25, -0.2) is 0 Å². The summed E-state index contributed by atoms with van der Waals surface area (Å²) in [4.78, 5) is 13.3. The molecule has 3 rings (SSSR count). The number of likely N-dealkylation sites (N-methyl/N-ethyl adjacent to an activating group) is 1. The Kier molecular flexibility index (Phi) is 5.00. The zero-order valence-corrected chi connectivity index (χ0v) is 14.6. The zero-order valence-electron chi connectivity index (χ0n) is 14.6. The van der Waals surface area contributed by atoms with Gasteiger partial charge in [0, 0.05) is 11.8 Å². The molecule has 2 heterocycles. The molecule has 1 unspecified atom stereocenters. The second-order valence-corrected chi connectivity index (χ2v) is 6.27. The van der Waals surface area contributed by atoms with Crippen molar-refractivity contribution in [1.29, 1.82) is 0 Å². The minimum absolute atomic E-state index is 0.0269. The van der Waals surface area contributed by atoms with Gasteiger partial charge in [-0.3, -0.25) is 4.79 Å². The Balaban J connectivity index is 1.56. The third-order valence-electron chi connectivity index (χ3n) is 4.15. The Morgan fingerprint density at radius 2 is 2.04 bits per heavy atom. The monoisotopic (exact) mass is 340 g/mol. The number of aromatic nitrogens is 1. The summed E-state index contributed by atoms with van der Waals surface area (Å²) in [7, 11) is 1.95. The van der Waals surface area contributed by atoms with E-state index in [1.807, 2.05) is 51.2 Å². The number of anilines is 1. The molecule has 1 amide bonds. The first kappa shape index (κ1) is 17.0. The van der Waals surface area contributed by atoms with Crippen molar-refractivity contribution in [1.82, 2.24) is 5.16 Å². The lowest BCUT2D eigenvalue weighted by atomic mass is 10.1. The van der Waals surface area contributed by atoms with Crippen LogP contribution in [0.4, 0.5) is 5.69 Å². The van der Waals surface area contributed by atoms with Crippen molar-refractivity contribution in [2.45, 2.75) is 20.4 Å². The van der Waals surface area contributed by atoms with E-state index in [4.69, 9.17) is 8.94 Å². The van der Waals surface area contributed by atoms with Crippen molar-refractivity contribution >= 4 is 11.6 Å². The van der Waals surface area contributed by atoms with Gasteiger partial charge in [-0.15, -0.1) is 0 Å². The summed E-state index contributed by atoms with van der Waals surface area (Å²) in [6.45, 7) is 4.97. The number of carbonyl (C=O) groups is 1. The van der Waals surface area contributed by atoms with Crippen LogP contribution in [0.5, 0.6) is 0 Å². The Hall–Kier alpha value is -2.86. The van der Waals surface area contributed by atoms with Crippen molar-refractivity contribution < 1.29 is 18.6 Å². The van der Waals surface area contributed by atoms with Gasteiger partial charge in [-0.1, -0.05) is 17.3 Å². The molecule has 2 aromatic heterocycles. The fraction of sp³-hybridized carbons (Fsp3) is 0.263. The van der Waals surface area contributed by atoms with Crippen molar-refractivity contribution in [3.05, 3.63) is 59.5 Å². The van der Waals surface area contributed by atoms with Crippen LogP contribution in [0.2, 0.25) is 0 Å². The van der Waals surface area contributed by atoms with Gasteiger partial charge >= 0.3 is 0 Å². The number of aryl methyl sites for hydroxylation is 1. The highest BCUT2D eigenvalue weighted by molar-refractivity contribution is 5.92. The number of hydrogen-bond acceptors (Lipinski definition) is 4. The van der Waals surface area contributed by atoms with Crippen LogP contribution in [0.1, 0.15) is 16.8 Å². The van der Waals surface area contributed by atoms with Gasteiger partial charge in [0.25, 0.3) is 5.91 Å². The Labute approximate surface area is 146 Å². The summed E-state index contributed by atoms with van der Waals surface area (Å²) in [6, 6.07) is 11.3. The molecular formula is C19H22N3O3+. The van der Waals surface area contributed by atoms with E-state index in [0.717, 1.165) is 27.4 Å². The molecule has 25 heavy (non-hydrogen) atoms. The topological polar surface area (TPSA) is 72.7 Å². The maximum atomic E-state index is 12.3. The van der Waals surface area contributed by atoms with Crippen LogP contribution in [0.25, 0.3) is 11.5 Å². The summed E-state index contributed by atoms with van der Waals surface area (Å²) >= 11 is 0. The standard InChI is InChI=1S/C19H21N3O3/c1-13-6-4-7-16(14(13)2)20-19(23)12-22(3)11-15-10-18(25-21-15)17-8-5-9-24-17/h4-10H,11-12H2,1-3H3,(H,20,23)/p+1. The number of furan rings is 1. The molecule has 1 aromatic carbocycles.